The highest BCUT2D eigenvalue weighted by Gasteiger charge is 2.16. The van der Waals surface area contributed by atoms with Crippen LogP contribution in [0.5, 0.6) is 0 Å². The number of rotatable bonds is 3. The molecule has 2 aromatic carbocycles. The van der Waals surface area contributed by atoms with Gasteiger partial charge in [0.1, 0.15) is 0 Å². The first-order valence-corrected chi connectivity index (χ1v) is 7.81. The van der Waals surface area contributed by atoms with Gasteiger partial charge in [-0.05, 0) is 41.4 Å². The van der Waals surface area contributed by atoms with E-state index in [4.69, 9.17) is 5.11 Å². The van der Waals surface area contributed by atoms with Gasteiger partial charge in [-0.3, -0.25) is 4.79 Å². The Morgan fingerprint density at radius 2 is 1.71 bits per heavy atom. The minimum Gasteiger partial charge on any atom is -0.478 e. The maximum absolute atomic E-state index is 12.3. The first-order chi connectivity index (χ1) is 10.1. The number of hydrogen-bond donors (Lipinski definition) is 1. The fourth-order valence-electron chi connectivity index (χ4n) is 1.96. The number of carboxylic acids is 1. The van der Waals surface area contributed by atoms with E-state index in [-0.39, 0.29) is 10.7 Å². The number of fused-ring (bicyclic) bond motifs is 1. The van der Waals surface area contributed by atoms with Gasteiger partial charge in [0.05, 0.1) is 10.4 Å². The summed E-state index contributed by atoms with van der Waals surface area (Å²) >= 11 is 2.38. The number of hydrogen-bond acceptors (Lipinski definition) is 4. The van der Waals surface area contributed by atoms with Crippen LogP contribution in [0.2, 0.25) is 0 Å². The predicted octanol–water partition coefficient (Wildman–Crippen LogP) is 4.53. The van der Waals surface area contributed by atoms with E-state index < -0.39 is 5.97 Å². The van der Waals surface area contributed by atoms with E-state index in [0.717, 1.165) is 21.8 Å². The highest BCUT2D eigenvalue weighted by Crippen LogP contribution is 2.32. The van der Waals surface area contributed by atoms with Crippen LogP contribution in [-0.4, -0.2) is 16.2 Å². The molecule has 3 nitrogen and oxygen atoms in total. The number of aromatic carboxylic acids is 1. The van der Waals surface area contributed by atoms with Crippen molar-refractivity contribution < 1.29 is 14.7 Å². The first-order valence-electron chi connectivity index (χ1n) is 6.18. The maximum Gasteiger partial charge on any atom is 0.336 e. The van der Waals surface area contributed by atoms with E-state index in [1.165, 1.54) is 17.4 Å². The molecule has 0 bridgehead atoms. The molecular weight excluding hydrogens is 304 g/mol. The molecule has 0 saturated carbocycles. The summed E-state index contributed by atoms with van der Waals surface area (Å²) in [5.74, 6) is -1.03. The molecule has 5 heteroatoms. The molecule has 3 aromatic rings. The van der Waals surface area contributed by atoms with Crippen molar-refractivity contribution in [3.8, 4) is 0 Å². The third-order valence-electron chi connectivity index (χ3n) is 2.95. The standard InChI is InChI=1S/C16H10O3S2/c17-15(18)11-6-2-4-8-13(11)21-16(19)14-9-10-5-1-3-7-12(10)20-14/h1-9H,(H,17,18). The number of carbonyl (C=O) groups excluding carboxylic acids is 1. The number of carbonyl (C=O) groups is 2. The molecule has 0 unspecified atom stereocenters. The zero-order valence-corrected chi connectivity index (χ0v) is 12.4. The van der Waals surface area contributed by atoms with Crippen molar-refractivity contribution in [3.05, 3.63) is 65.0 Å². The van der Waals surface area contributed by atoms with Crippen LogP contribution in [0, 0.1) is 0 Å². The van der Waals surface area contributed by atoms with Crippen molar-refractivity contribution in [1.82, 2.24) is 0 Å². The Morgan fingerprint density at radius 3 is 2.48 bits per heavy atom. The second kappa shape index (κ2) is 5.71. The van der Waals surface area contributed by atoms with E-state index in [2.05, 4.69) is 0 Å². The molecule has 0 amide bonds. The normalized spacial score (nSPS) is 10.7. The summed E-state index contributed by atoms with van der Waals surface area (Å²) in [5.41, 5.74) is 0.150. The van der Waals surface area contributed by atoms with Crippen LogP contribution >= 0.6 is 23.1 Å². The molecule has 0 atom stereocenters. The van der Waals surface area contributed by atoms with Gasteiger partial charge in [-0.1, -0.05) is 30.3 Å². The number of carboxylic acid groups (broad SMARTS) is 1. The molecule has 104 valence electrons. The lowest BCUT2D eigenvalue weighted by atomic mass is 10.2. The van der Waals surface area contributed by atoms with Gasteiger partial charge in [-0.2, -0.15) is 0 Å². The lowest BCUT2D eigenvalue weighted by molar-refractivity contribution is 0.0693. The monoisotopic (exact) mass is 314 g/mol. The van der Waals surface area contributed by atoms with Crippen LogP contribution in [-0.2, 0) is 0 Å². The van der Waals surface area contributed by atoms with E-state index in [9.17, 15) is 9.59 Å². The van der Waals surface area contributed by atoms with Crippen LogP contribution in [0.1, 0.15) is 20.0 Å². The molecule has 0 fully saturated rings. The van der Waals surface area contributed by atoms with Gasteiger partial charge < -0.3 is 5.11 Å². The summed E-state index contributed by atoms with van der Waals surface area (Å²) in [6, 6.07) is 16.2. The van der Waals surface area contributed by atoms with Gasteiger partial charge in [0.2, 0.25) is 5.12 Å². The van der Waals surface area contributed by atoms with Crippen LogP contribution in [0.3, 0.4) is 0 Å². The van der Waals surface area contributed by atoms with E-state index in [1.54, 1.807) is 18.2 Å². The van der Waals surface area contributed by atoms with Crippen LogP contribution in [0.25, 0.3) is 10.1 Å². The third-order valence-corrected chi connectivity index (χ3v) is 5.17. The fraction of sp³-hybridized carbons (Fsp3) is 0. The van der Waals surface area contributed by atoms with Crippen molar-refractivity contribution in [1.29, 1.82) is 0 Å². The molecule has 0 saturated heterocycles. The largest absolute Gasteiger partial charge is 0.478 e. The topological polar surface area (TPSA) is 54.4 Å². The lowest BCUT2D eigenvalue weighted by Crippen LogP contribution is -2.00. The third kappa shape index (κ3) is 2.84. The van der Waals surface area contributed by atoms with E-state index in [1.807, 2.05) is 30.3 Å². The molecule has 0 radical (unpaired) electrons. The predicted molar refractivity (Wildman–Crippen MR) is 85.4 cm³/mol. The van der Waals surface area contributed by atoms with Crippen molar-refractivity contribution in [2.45, 2.75) is 4.90 Å². The number of thioether (sulfide) groups is 1. The molecule has 0 aliphatic carbocycles. The summed E-state index contributed by atoms with van der Waals surface area (Å²) in [5, 5.41) is 10.0. The van der Waals surface area contributed by atoms with Gasteiger partial charge in [0.15, 0.2) is 0 Å². The Balaban J connectivity index is 1.91. The average molecular weight is 314 g/mol. The summed E-state index contributed by atoms with van der Waals surface area (Å²) in [6.45, 7) is 0. The molecule has 0 aliphatic rings. The van der Waals surface area contributed by atoms with Gasteiger partial charge in [-0.25, -0.2) is 4.79 Å². The van der Waals surface area contributed by atoms with Gasteiger partial charge in [0.25, 0.3) is 0 Å². The van der Waals surface area contributed by atoms with Gasteiger partial charge in [-0.15, -0.1) is 11.3 Å². The van der Waals surface area contributed by atoms with Crippen LogP contribution in [0.4, 0.5) is 0 Å². The molecule has 1 aromatic heterocycles. The van der Waals surface area contributed by atoms with Crippen LogP contribution < -0.4 is 0 Å². The number of thiophene rings is 1. The van der Waals surface area contributed by atoms with Crippen molar-refractivity contribution >= 4 is 44.3 Å². The SMILES string of the molecule is O=C(Sc1ccccc1C(=O)O)c1cc2ccccc2s1. The quantitative estimate of drug-likeness (QED) is 0.722. The summed E-state index contributed by atoms with van der Waals surface area (Å²) < 4.78 is 1.05. The molecule has 3 rings (SSSR count). The zero-order chi connectivity index (χ0) is 14.8. The highest BCUT2D eigenvalue weighted by molar-refractivity contribution is 8.14. The highest BCUT2D eigenvalue weighted by atomic mass is 32.2. The Bertz CT molecular complexity index is 803. The lowest BCUT2D eigenvalue weighted by Gasteiger charge is -2.03. The van der Waals surface area contributed by atoms with E-state index >= 15 is 0 Å². The Morgan fingerprint density at radius 1 is 1.00 bits per heavy atom. The Labute approximate surface area is 129 Å². The molecule has 1 N–H and O–H groups in total. The average Bonchev–Trinajstić information content (AvgIpc) is 2.91. The molecule has 0 aliphatic heterocycles. The molecule has 1 heterocycles. The Hall–Kier alpha value is -2.11. The van der Waals surface area contributed by atoms with Crippen molar-refractivity contribution in [2.24, 2.45) is 0 Å². The second-order valence-corrected chi connectivity index (χ2v) is 6.44. The second-order valence-electron chi connectivity index (χ2n) is 4.34. The smallest absolute Gasteiger partial charge is 0.336 e. The minimum absolute atomic E-state index is 0.134. The van der Waals surface area contributed by atoms with E-state index in [0.29, 0.717) is 9.77 Å². The van der Waals surface area contributed by atoms with Crippen molar-refractivity contribution in [3.63, 3.8) is 0 Å². The summed E-state index contributed by atoms with van der Waals surface area (Å²) in [6.07, 6.45) is 0. The Kier molecular flexibility index (Phi) is 3.77. The first kappa shape index (κ1) is 13.9. The van der Waals surface area contributed by atoms with Gasteiger partial charge >= 0.3 is 5.97 Å². The van der Waals surface area contributed by atoms with Crippen molar-refractivity contribution in [2.75, 3.05) is 0 Å². The maximum atomic E-state index is 12.3. The fourth-order valence-corrected chi connectivity index (χ4v) is 3.88. The summed E-state index contributed by atoms with van der Waals surface area (Å²) in [4.78, 5) is 24.6. The summed E-state index contributed by atoms with van der Waals surface area (Å²) in [7, 11) is 0. The zero-order valence-electron chi connectivity index (χ0n) is 10.8. The molecule has 0 spiro atoms. The minimum atomic E-state index is -1.03. The number of benzene rings is 2. The van der Waals surface area contributed by atoms with Gasteiger partial charge in [0, 0.05) is 9.60 Å². The molecule has 21 heavy (non-hydrogen) atoms. The van der Waals surface area contributed by atoms with Crippen LogP contribution in [0.15, 0.2) is 59.5 Å². The molecular formula is C16H10O3S2.